The fourth-order valence-corrected chi connectivity index (χ4v) is 4.92. The monoisotopic (exact) mass is 315 g/mol. The lowest BCUT2D eigenvalue weighted by Gasteiger charge is -2.33. The molecule has 1 unspecified atom stereocenters. The van der Waals surface area contributed by atoms with Crippen molar-refractivity contribution in [2.24, 2.45) is 0 Å². The maximum Gasteiger partial charge on any atom is 0.180 e. The lowest BCUT2D eigenvalue weighted by atomic mass is 10.1. The molecule has 0 saturated carbocycles. The van der Waals surface area contributed by atoms with Crippen molar-refractivity contribution in [3.8, 4) is 6.07 Å². The second-order valence-corrected chi connectivity index (χ2v) is 7.76. The van der Waals surface area contributed by atoms with Crippen molar-refractivity contribution >= 4 is 31.9 Å². The van der Waals surface area contributed by atoms with E-state index in [1.165, 1.54) is 0 Å². The van der Waals surface area contributed by atoms with Gasteiger partial charge in [-0.05, 0) is 12.8 Å². The van der Waals surface area contributed by atoms with Crippen LogP contribution in [0.15, 0.2) is 4.90 Å². The predicted molar refractivity (Wildman–Crippen MR) is 78.8 cm³/mol. The molecule has 0 bridgehead atoms. The van der Waals surface area contributed by atoms with Gasteiger partial charge in [-0.2, -0.15) is 5.26 Å². The molecule has 1 atom stereocenters. The molecule has 0 spiro atoms. The number of rotatable bonds is 3. The van der Waals surface area contributed by atoms with E-state index in [4.69, 9.17) is 15.7 Å². The highest BCUT2D eigenvalue weighted by atomic mass is 32.2. The molecule has 1 aromatic rings. The number of hydrogen-bond acceptors (Lipinski definition) is 7. The van der Waals surface area contributed by atoms with Gasteiger partial charge in [0.15, 0.2) is 9.84 Å². The van der Waals surface area contributed by atoms with Gasteiger partial charge >= 0.3 is 0 Å². The normalized spacial score (nSPS) is 19.9. The van der Waals surface area contributed by atoms with Gasteiger partial charge in [-0.3, -0.25) is 0 Å². The first kappa shape index (κ1) is 15.1. The molecule has 2 heterocycles. The van der Waals surface area contributed by atoms with Crippen molar-refractivity contribution in [3.05, 3.63) is 4.88 Å². The maximum atomic E-state index is 12.0. The molecule has 2 rings (SSSR count). The van der Waals surface area contributed by atoms with Gasteiger partial charge in [0.25, 0.3) is 0 Å². The zero-order valence-electron chi connectivity index (χ0n) is 11.4. The Hall–Kier alpha value is -1.30. The minimum absolute atomic E-state index is 0.0644. The average Bonchev–Trinajstić information content (AvgIpc) is 2.75. The molecule has 6 nitrogen and oxygen atoms in total. The van der Waals surface area contributed by atoms with Crippen molar-refractivity contribution in [1.29, 1.82) is 5.26 Å². The van der Waals surface area contributed by atoms with E-state index in [-0.39, 0.29) is 21.6 Å². The molecule has 1 aliphatic heterocycles. The van der Waals surface area contributed by atoms with Gasteiger partial charge in [-0.1, -0.05) is 0 Å². The first-order valence-electron chi connectivity index (χ1n) is 6.18. The zero-order chi connectivity index (χ0) is 14.9. The van der Waals surface area contributed by atoms with Crippen molar-refractivity contribution in [2.45, 2.75) is 23.8 Å². The van der Waals surface area contributed by atoms with Crippen LogP contribution in [-0.2, 0) is 14.6 Å². The largest absolute Gasteiger partial charge is 0.396 e. The van der Waals surface area contributed by atoms with Gasteiger partial charge in [0.1, 0.15) is 20.8 Å². The van der Waals surface area contributed by atoms with Crippen LogP contribution < -0.4 is 10.6 Å². The van der Waals surface area contributed by atoms with Crippen LogP contribution in [0.25, 0.3) is 0 Å². The highest BCUT2D eigenvalue weighted by molar-refractivity contribution is 7.91. The van der Waals surface area contributed by atoms with Gasteiger partial charge in [0, 0.05) is 26.5 Å². The van der Waals surface area contributed by atoms with Crippen LogP contribution in [0, 0.1) is 11.3 Å². The number of methoxy groups -OCH3 is 1. The Balaban J connectivity index is 2.49. The Labute approximate surface area is 122 Å². The number of anilines is 2. The Morgan fingerprint density at radius 2 is 2.25 bits per heavy atom. The predicted octanol–water partition coefficient (Wildman–Crippen LogP) is 1.22. The van der Waals surface area contributed by atoms with Gasteiger partial charge in [-0.25, -0.2) is 8.42 Å². The average molecular weight is 315 g/mol. The van der Waals surface area contributed by atoms with E-state index in [0.717, 1.165) is 37.0 Å². The van der Waals surface area contributed by atoms with E-state index >= 15 is 0 Å². The van der Waals surface area contributed by atoms with E-state index in [1.54, 1.807) is 7.11 Å². The lowest BCUT2D eigenvalue weighted by Crippen LogP contribution is -2.39. The quantitative estimate of drug-likeness (QED) is 0.901. The van der Waals surface area contributed by atoms with Crippen molar-refractivity contribution in [1.82, 2.24) is 0 Å². The molecule has 110 valence electrons. The summed E-state index contributed by atoms with van der Waals surface area (Å²) in [6, 6.07) is 1.96. The van der Waals surface area contributed by atoms with Crippen LogP contribution >= 0.6 is 11.3 Å². The third-order valence-corrected chi connectivity index (χ3v) is 5.81. The summed E-state index contributed by atoms with van der Waals surface area (Å²) in [5.41, 5.74) is 5.89. The molecule has 1 saturated heterocycles. The summed E-state index contributed by atoms with van der Waals surface area (Å²) < 4.78 is 29.3. The van der Waals surface area contributed by atoms with Gasteiger partial charge in [-0.15, -0.1) is 11.3 Å². The molecule has 0 aliphatic carbocycles. The van der Waals surface area contributed by atoms with Crippen LogP contribution in [0.1, 0.15) is 17.7 Å². The minimum atomic E-state index is -3.48. The van der Waals surface area contributed by atoms with Crippen molar-refractivity contribution in [2.75, 3.05) is 37.1 Å². The summed E-state index contributed by atoms with van der Waals surface area (Å²) in [6.45, 7) is 1.36. The van der Waals surface area contributed by atoms with Crippen LogP contribution in [0.3, 0.4) is 0 Å². The zero-order valence-corrected chi connectivity index (χ0v) is 13.1. The third-order valence-electron chi connectivity index (χ3n) is 3.35. The molecule has 0 aromatic carbocycles. The number of nitrogens with zero attached hydrogens (tertiary/aromatic N) is 2. The number of hydrogen-bond donors (Lipinski definition) is 1. The van der Waals surface area contributed by atoms with Gasteiger partial charge in [0.2, 0.25) is 0 Å². The van der Waals surface area contributed by atoms with E-state index < -0.39 is 9.84 Å². The number of piperidine rings is 1. The number of sulfone groups is 1. The lowest BCUT2D eigenvalue weighted by molar-refractivity contribution is 0.0894. The molecular formula is C12H17N3O3S2. The Bertz CT molecular complexity index is 646. The van der Waals surface area contributed by atoms with E-state index in [1.807, 2.05) is 11.0 Å². The standard InChI is InChI=1S/C12H17N3O3S2/c1-18-8-4-3-5-15(7-8)12-11(20(2,16)17)10(14)9(6-13)19-12/h8H,3-5,7,14H2,1-2H3. The molecule has 0 radical (unpaired) electrons. The Kier molecular flexibility index (Phi) is 4.22. The third kappa shape index (κ3) is 2.75. The number of nitrogen functional groups attached to an aromatic ring is 1. The molecule has 1 fully saturated rings. The summed E-state index contributed by atoms with van der Waals surface area (Å²) in [7, 11) is -1.83. The molecule has 20 heavy (non-hydrogen) atoms. The number of nitriles is 1. The van der Waals surface area contributed by atoms with Gasteiger partial charge < -0.3 is 15.4 Å². The van der Waals surface area contributed by atoms with E-state index in [2.05, 4.69) is 0 Å². The van der Waals surface area contributed by atoms with Crippen LogP contribution in [0.2, 0.25) is 0 Å². The van der Waals surface area contributed by atoms with Crippen molar-refractivity contribution in [3.63, 3.8) is 0 Å². The van der Waals surface area contributed by atoms with Crippen LogP contribution in [0.4, 0.5) is 10.7 Å². The molecule has 1 aromatic heterocycles. The maximum absolute atomic E-state index is 12.0. The summed E-state index contributed by atoms with van der Waals surface area (Å²) in [4.78, 5) is 2.28. The number of ether oxygens (including phenoxy) is 1. The highest BCUT2D eigenvalue weighted by Gasteiger charge is 2.30. The Morgan fingerprint density at radius 1 is 1.55 bits per heavy atom. The summed E-state index contributed by atoms with van der Waals surface area (Å²) in [6.07, 6.45) is 3.06. The smallest absolute Gasteiger partial charge is 0.180 e. The topological polar surface area (TPSA) is 96.4 Å². The molecule has 1 aliphatic rings. The Morgan fingerprint density at radius 3 is 2.80 bits per heavy atom. The van der Waals surface area contributed by atoms with Crippen LogP contribution in [-0.4, -0.2) is 41.0 Å². The fourth-order valence-electron chi connectivity index (χ4n) is 2.38. The van der Waals surface area contributed by atoms with E-state index in [0.29, 0.717) is 11.5 Å². The summed E-state index contributed by atoms with van der Waals surface area (Å²) in [5.74, 6) is 0. The molecule has 0 amide bonds. The van der Waals surface area contributed by atoms with Crippen LogP contribution in [0.5, 0.6) is 0 Å². The summed E-state index contributed by atoms with van der Waals surface area (Å²) in [5, 5.41) is 9.62. The second-order valence-electron chi connectivity index (χ2n) is 4.81. The first-order valence-corrected chi connectivity index (χ1v) is 8.89. The molecule has 8 heteroatoms. The minimum Gasteiger partial charge on any atom is -0.396 e. The molecule has 2 N–H and O–H groups in total. The van der Waals surface area contributed by atoms with E-state index in [9.17, 15) is 8.42 Å². The van der Waals surface area contributed by atoms with Crippen molar-refractivity contribution < 1.29 is 13.2 Å². The second kappa shape index (κ2) is 5.60. The SMILES string of the molecule is COC1CCCN(c2sc(C#N)c(N)c2S(C)(=O)=O)C1. The fraction of sp³-hybridized carbons (Fsp3) is 0.583. The van der Waals surface area contributed by atoms with Gasteiger partial charge in [0.05, 0.1) is 11.8 Å². The summed E-state index contributed by atoms with van der Waals surface area (Å²) >= 11 is 1.14. The number of thiophene rings is 1. The first-order chi connectivity index (χ1) is 9.38. The molecular weight excluding hydrogens is 298 g/mol. The highest BCUT2D eigenvalue weighted by Crippen LogP contribution is 2.42. The number of nitrogens with two attached hydrogens (primary N) is 1.